The SMILES string of the molecule is Cc1ccc(C(=O)Cc2ccc(F)cc2)c(C)n1. The first-order valence-corrected chi connectivity index (χ1v) is 5.78. The van der Waals surface area contributed by atoms with Crippen LogP contribution in [0.4, 0.5) is 4.39 Å². The molecule has 0 bridgehead atoms. The molecule has 0 unspecified atom stereocenters. The van der Waals surface area contributed by atoms with E-state index in [4.69, 9.17) is 0 Å². The van der Waals surface area contributed by atoms with Crippen molar-refractivity contribution in [1.82, 2.24) is 4.98 Å². The fraction of sp³-hybridized carbons (Fsp3) is 0.200. The van der Waals surface area contributed by atoms with Gasteiger partial charge in [-0.25, -0.2) is 4.39 Å². The average molecular weight is 243 g/mol. The van der Waals surface area contributed by atoms with E-state index in [9.17, 15) is 9.18 Å². The van der Waals surface area contributed by atoms with Gasteiger partial charge in [-0.15, -0.1) is 0 Å². The van der Waals surface area contributed by atoms with Crippen LogP contribution in [0.15, 0.2) is 36.4 Å². The van der Waals surface area contributed by atoms with Crippen LogP contribution in [0.5, 0.6) is 0 Å². The average Bonchev–Trinajstić information content (AvgIpc) is 2.32. The van der Waals surface area contributed by atoms with Gasteiger partial charge in [0.05, 0.1) is 0 Å². The predicted octanol–water partition coefficient (Wildman–Crippen LogP) is 3.26. The molecule has 18 heavy (non-hydrogen) atoms. The van der Waals surface area contributed by atoms with Gasteiger partial charge in [-0.2, -0.15) is 0 Å². The Labute approximate surface area is 105 Å². The second kappa shape index (κ2) is 5.08. The summed E-state index contributed by atoms with van der Waals surface area (Å²) in [7, 11) is 0. The third-order valence-electron chi connectivity index (χ3n) is 2.80. The van der Waals surface area contributed by atoms with Crippen molar-refractivity contribution in [2.24, 2.45) is 0 Å². The summed E-state index contributed by atoms with van der Waals surface area (Å²) < 4.78 is 12.8. The maximum Gasteiger partial charge on any atom is 0.169 e. The van der Waals surface area contributed by atoms with Gasteiger partial charge in [-0.1, -0.05) is 12.1 Å². The maximum absolute atomic E-state index is 12.8. The minimum atomic E-state index is -0.292. The summed E-state index contributed by atoms with van der Waals surface area (Å²) in [5.41, 5.74) is 3.07. The standard InChI is InChI=1S/C15H14FNO/c1-10-3-8-14(11(2)17-10)15(18)9-12-4-6-13(16)7-5-12/h3-8H,9H2,1-2H3. The fourth-order valence-corrected chi connectivity index (χ4v) is 1.86. The summed E-state index contributed by atoms with van der Waals surface area (Å²) in [6.45, 7) is 3.71. The van der Waals surface area contributed by atoms with Crippen LogP contribution < -0.4 is 0 Å². The highest BCUT2D eigenvalue weighted by Crippen LogP contribution is 2.12. The Morgan fingerprint density at radius 2 is 1.78 bits per heavy atom. The summed E-state index contributed by atoms with van der Waals surface area (Å²) in [6.07, 6.45) is 0.270. The van der Waals surface area contributed by atoms with Gasteiger partial charge in [-0.3, -0.25) is 9.78 Å². The van der Waals surface area contributed by atoms with Crippen molar-refractivity contribution in [1.29, 1.82) is 0 Å². The van der Waals surface area contributed by atoms with E-state index in [1.807, 2.05) is 19.9 Å². The van der Waals surface area contributed by atoms with Crippen LogP contribution >= 0.6 is 0 Å². The molecule has 0 radical (unpaired) electrons. The minimum Gasteiger partial charge on any atom is -0.294 e. The van der Waals surface area contributed by atoms with Gasteiger partial charge in [0.1, 0.15) is 5.82 Å². The van der Waals surface area contributed by atoms with E-state index in [1.165, 1.54) is 12.1 Å². The van der Waals surface area contributed by atoms with Crippen molar-refractivity contribution in [3.63, 3.8) is 0 Å². The summed E-state index contributed by atoms with van der Waals surface area (Å²) in [6, 6.07) is 9.61. The number of carbonyl (C=O) groups is 1. The number of hydrogen-bond acceptors (Lipinski definition) is 2. The zero-order valence-corrected chi connectivity index (χ0v) is 10.4. The third kappa shape index (κ3) is 2.80. The smallest absolute Gasteiger partial charge is 0.169 e. The predicted molar refractivity (Wildman–Crippen MR) is 68.1 cm³/mol. The van der Waals surface area contributed by atoms with Crippen molar-refractivity contribution in [2.75, 3.05) is 0 Å². The van der Waals surface area contributed by atoms with Crippen molar-refractivity contribution >= 4 is 5.78 Å². The number of rotatable bonds is 3. The summed E-state index contributed by atoms with van der Waals surface area (Å²) in [4.78, 5) is 16.4. The number of hydrogen-bond donors (Lipinski definition) is 0. The zero-order chi connectivity index (χ0) is 13.1. The largest absolute Gasteiger partial charge is 0.294 e. The number of aryl methyl sites for hydroxylation is 2. The van der Waals surface area contributed by atoms with Gasteiger partial charge in [-0.05, 0) is 43.7 Å². The van der Waals surface area contributed by atoms with E-state index in [1.54, 1.807) is 18.2 Å². The van der Waals surface area contributed by atoms with E-state index < -0.39 is 0 Å². The molecule has 0 saturated carbocycles. The lowest BCUT2D eigenvalue weighted by Gasteiger charge is -2.05. The topological polar surface area (TPSA) is 30.0 Å². The molecular formula is C15H14FNO. The lowest BCUT2D eigenvalue weighted by Crippen LogP contribution is -2.07. The third-order valence-corrected chi connectivity index (χ3v) is 2.80. The van der Waals surface area contributed by atoms with Gasteiger partial charge >= 0.3 is 0 Å². The fourth-order valence-electron chi connectivity index (χ4n) is 1.86. The molecular weight excluding hydrogens is 229 g/mol. The first-order chi connectivity index (χ1) is 8.56. The Hall–Kier alpha value is -2.03. The van der Waals surface area contributed by atoms with E-state index in [0.717, 1.165) is 17.0 Å². The molecule has 1 heterocycles. The number of Topliss-reactive ketones (excluding diaryl/α,β-unsaturated/α-hetero) is 1. The summed E-state index contributed by atoms with van der Waals surface area (Å²) in [5.74, 6) is -0.286. The second-order valence-electron chi connectivity index (χ2n) is 4.31. The first kappa shape index (κ1) is 12.4. The van der Waals surface area contributed by atoms with Crippen LogP contribution in [0, 0.1) is 19.7 Å². The molecule has 0 amide bonds. The van der Waals surface area contributed by atoms with Crippen molar-refractivity contribution < 1.29 is 9.18 Å². The first-order valence-electron chi connectivity index (χ1n) is 5.78. The Morgan fingerprint density at radius 1 is 1.11 bits per heavy atom. The normalized spacial score (nSPS) is 10.4. The maximum atomic E-state index is 12.8. The van der Waals surface area contributed by atoms with Crippen molar-refractivity contribution in [3.05, 3.63) is 64.7 Å². The van der Waals surface area contributed by atoms with E-state index in [-0.39, 0.29) is 18.0 Å². The van der Waals surface area contributed by atoms with Gasteiger partial charge < -0.3 is 0 Å². The van der Waals surface area contributed by atoms with Crippen LogP contribution in [-0.2, 0) is 6.42 Å². The molecule has 2 aromatic rings. The Kier molecular flexibility index (Phi) is 3.51. The number of nitrogens with zero attached hydrogens (tertiary/aromatic N) is 1. The molecule has 0 atom stereocenters. The molecule has 0 spiro atoms. The summed E-state index contributed by atoms with van der Waals surface area (Å²) in [5, 5.41) is 0. The van der Waals surface area contributed by atoms with Crippen molar-refractivity contribution in [2.45, 2.75) is 20.3 Å². The second-order valence-corrected chi connectivity index (χ2v) is 4.31. The number of benzene rings is 1. The number of ketones is 1. The number of pyridine rings is 1. The monoisotopic (exact) mass is 243 g/mol. The van der Waals surface area contributed by atoms with E-state index >= 15 is 0 Å². The molecule has 92 valence electrons. The summed E-state index contributed by atoms with van der Waals surface area (Å²) >= 11 is 0. The molecule has 0 saturated heterocycles. The van der Waals surface area contributed by atoms with E-state index in [2.05, 4.69) is 4.98 Å². The number of aromatic nitrogens is 1. The Bertz CT molecular complexity index is 576. The highest BCUT2D eigenvalue weighted by molar-refractivity contribution is 5.98. The van der Waals surface area contributed by atoms with Crippen LogP contribution in [0.3, 0.4) is 0 Å². The molecule has 2 nitrogen and oxygen atoms in total. The molecule has 3 heteroatoms. The number of carbonyl (C=O) groups excluding carboxylic acids is 1. The van der Waals surface area contributed by atoms with Gasteiger partial charge in [0.15, 0.2) is 5.78 Å². The molecule has 0 aliphatic carbocycles. The molecule has 1 aromatic carbocycles. The highest BCUT2D eigenvalue weighted by Gasteiger charge is 2.10. The molecule has 2 rings (SSSR count). The van der Waals surface area contributed by atoms with E-state index in [0.29, 0.717) is 5.56 Å². The van der Waals surface area contributed by atoms with Crippen LogP contribution in [-0.4, -0.2) is 10.8 Å². The van der Waals surface area contributed by atoms with Crippen LogP contribution in [0.2, 0.25) is 0 Å². The lowest BCUT2D eigenvalue weighted by molar-refractivity contribution is 0.0992. The van der Waals surface area contributed by atoms with Crippen LogP contribution in [0.1, 0.15) is 27.3 Å². The Morgan fingerprint density at radius 3 is 2.39 bits per heavy atom. The van der Waals surface area contributed by atoms with Gasteiger partial charge in [0.25, 0.3) is 0 Å². The molecule has 1 aromatic heterocycles. The Balaban J connectivity index is 2.19. The lowest BCUT2D eigenvalue weighted by atomic mass is 10.0. The molecule has 0 aliphatic rings. The zero-order valence-electron chi connectivity index (χ0n) is 10.4. The van der Waals surface area contributed by atoms with Gasteiger partial charge in [0.2, 0.25) is 0 Å². The molecule has 0 fully saturated rings. The quantitative estimate of drug-likeness (QED) is 0.774. The molecule has 0 aliphatic heterocycles. The van der Waals surface area contributed by atoms with Crippen LogP contribution in [0.25, 0.3) is 0 Å². The minimum absolute atomic E-state index is 0.00612. The highest BCUT2D eigenvalue weighted by atomic mass is 19.1. The number of halogens is 1. The van der Waals surface area contributed by atoms with Crippen molar-refractivity contribution in [3.8, 4) is 0 Å². The van der Waals surface area contributed by atoms with Gasteiger partial charge in [0, 0.05) is 23.4 Å². The molecule has 0 N–H and O–H groups in total.